The van der Waals surface area contributed by atoms with Gasteiger partial charge in [-0.25, -0.2) is 4.98 Å². The molecule has 0 aromatic carbocycles. The van der Waals surface area contributed by atoms with Gasteiger partial charge in [-0.05, 0) is 32.6 Å². The summed E-state index contributed by atoms with van der Waals surface area (Å²) in [7, 11) is 0. The van der Waals surface area contributed by atoms with Crippen LogP contribution in [0, 0.1) is 12.8 Å². The Morgan fingerprint density at radius 2 is 2.15 bits per heavy atom. The van der Waals surface area contributed by atoms with Gasteiger partial charge in [-0.1, -0.05) is 13.8 Å². The highest BCUT2D eigenvalue weighted by molar-refractivity contribution is 5.79. The fourth-order valence-corrected chi connectivity index (χ4v) is 1.87. The molecule has 0 spiro atoms. The van der Waals surface area contributed by atoms with Gasteiger partial charge in [0.1, 0.15) is 5.82 Å². The summed E-state index contributed by atoms with van der Waals surface area (Å²) in [4.78, 5) is 8.78. The van der Waals surface area contributed by atoms with Crippen molar-refractivity contribution in [3.8, 4) is 0 Å². The summed E-state index contributed by atoms with van der Waals surface area (Å²) in [6.07, 6.45) is 6.17. The van der Waals surface area contributed by atoms with E-state index in [1.165, 1.54) is 0 Å². The predicted molar refractivity (Wildman–Crippen MR) is 85.0 cm³/mol. The second-order valence-corrected chi connectivity index (χ2v) is 5.42. The Hall–Kier alpha value is -1.52. The van der Waals surface area contributed by atoms with Crippen molar-refractivity contribution in [2.75, 3.05) is 19.6 Å². The molecule has 1 aromatic heterocycles. The van der Waals surface area contributed by atoms with Crippen LogP contribution >= 0.6 is 0 Å². The zero-order valence-corrected chi connectivity index (χ0v) is 13.3. The predicted octanol–water partition coefficient (Wildman–Crippen LogP) is 2.18. The molecule has 114 valence electrons. The molecule has 5 heteroatoms. The van der Waals surface area contributed by atoms with Crippen molar-refractivity contribution in [2.45, 2.75) is 47.1 Å². The molecule has 0 radical (unpaired) electrons. The number of aryl methyl sites for hydroxylation is 2. The first-order valence-corrected chi connectivity index (χ1v) is 7.63. The highest BCUT2D eigenvalue weighted by Crippen LogP contribution is 1.99. The van der Waals surface area contributed by atoms with E-state index in [1.807, 2.05) is 19.3 Å². The number of imidazole rings is 1. The summed E-state index contributed by atoms with van der Waals surface area (Å²) in [5.74, 6) is 2.61. The van der Waals surface area contributed by atoms with Gasteiger partial charge in [-0.15, -0.1) is 0 Å². The van der Waals surface area contributed by atoms with E-state index in [-0.39, 0.29) is 0 Å². The quantitative estimate of drug-likeness (QED) is 0.436. The molecule has 20 heavy (non-hydrogen) atoms. The third-order valence-electron chi connectivity index (χ3n) is 3.00. The highest BCUT2D eigenvalue weighted by Gasteiger charge is 1.99. The lowest BCUT2D eigenvalue weighted by Gasteiger charge is -2.12. The number of guanidine groups is 1. The van der Waals surface area contributed by atoms with Gasteiger partial charge in [0.25, 0.3) is 0 Å². The first-order valence-electron chi connectivity index (χ1n) is 7.63. The van der Waals surface area contributed by atoms with E-state index < -0.39 is 0 Å². The molecule has 5 nitrogen and oxygen atoms in total. The van der Waals surface area contributed by atoms with Gasteiger partial charge in [0, 0.05) is 38.6 Å². The minimum Gasteiger partial charge on any atom is -0.357 e. The third kappa shape index (κ3) is 6.59. The topological polar surface area (TPSA) is 54.2 Å². The molecular formula is C15H29N5. The maximum Gasteiger partial charge on any atom is 0.191 e. The first-order chi connectivity index (χ1) is 9.63. The average molecular weight is 279 g/mol. The number of hydrogen-bond acceptors (Lipinski definition) is 2. The molecule has 2 N–H and O–H groups in total. The van der Waals surface area contributed by atoms with Crippen LogP contribution in [0.15, 0.2) is 17.4 Å². The van der Waals surface area contributed by atoms with Crippen molar-refractivity contribution in [1.29, 1.82) is 0 Å². The van der Waals surface area contributed by atoms with Crippen LogP contribution in [-0.2, 0) is 6.54 Å². The Labute approximate surface area is 122 Å². The van der Waals surface area contributed by atoms with Crippen molar-refractivity contribution in [3.05, 3.63) is 18.2 Å². The maximum absolute atomic E-state index is 4.55. The van der Waals surface area contributed by atoms with Crippen molar-refractivity contribution in [1.82, 2.24) is 20.2 Å². The molecule has 0 bridgehead atoms. The molecule has 0 unspecified atom stereocenters. The number of nitrogens with zero attached hydrogens (tertiary/aromatic N) is 3. The van der Waals surface area contributed by atoms with E-state index in [1.54, 1.807) is 0 Å². The minimum atomic E-state index is 0.592. The zero-order valence-electron chi connectivity index (χ0n) is 13.3. The Balaban J connectivity index is 2.20. The molecule has 0 atom stereocenters. The SMILES string of the molecule is CCNC(=NCC(C)C)NCCCCn1ccnc1C. The van der Waals surface area contributed by atoms with E-state index in [4.69, 9.17) is 0 Å². The van der Waals surface area contributed by atoms with Gasteiger partial charge in [-0.3, -0.25) is 4.99 Å². The molecule has 1 aromatic rings. The summed E-state index contributed by atoms with van der Waals surface area (Å²) >= 11 is 0. The molecular weight excluding hydrogens is 250 g/mol. The summed E-state index contributed by atoms with van der Waals surface area (Å²) in [6, 6.07) is 0. The first kappa shape index (κ1) is 16.5. The normalized spacial score (nSPS) is 11.9. The van der Waals surface area contributed by atoms with Gasteiger partial charge in [0.15, 0.2) is 5.96 Å². The standard InChI is InChI=1S/C15H29N5/c1-5-16-15(19-12-13(2)3)18-8-6-7-10-20-11-9-17-14(20)4/h9,11,13H,5-8,10,12H2,1-4H3,(H2,16,18,19). The number of unbranched alkanes of at least 4 members (excludes halogenated alkanes) is 1. The highest BCUT2D eigenvalue weighted by atomic mass is 15.2. The minimum absolute atomic E-state index is 0.592. The molecule has 0 aliphatic rings. The number of nitrogens with one attached hydrogen (secondary N) is 2. The van der Waals surface area contributed by atoms with Crippen LogP contribution in [-0.4, -0.2) is 35.1 Å². The van der Waals surface area contributed by atoms with Crippen LogP contribution in [0.1, 0.15) is 39.4 Å². The lowest BCUT2D eigenvalue weighted by molar-refractivity contribution is 0.587. The van der Waals surface area contributed by atoms with Crippen molar-refractivity contribution >= 4 is 5.96 Å². The Morgan fingerprint density at radius 3 is 2.75 bits per heavy atom. The van der Waals surface area contributed by atoms with E-state index in [2.05, 4.69) is 45.9 Å². The van der Waals surface area contributed by atoms with Crippen LogP contribution in [0.2, 0.25) is 0 Å². The Kier molecular flexibility index (Phi) is 7.77. The van der Waals surface area contributed by atoms with Gasteiger partial charge in [-0.2, -0.15) is 0 Å². The number of aliphatic imine (C=N–C) groups is 1. The van der Waals surface area contributed by atoms with Crippen molar-refractivity contribution < 1.29 is 0 Å². The second-order valence-electron chi connectivity index (χ2n) is 5.42. The largest absolute Gasteiger partial charge is 0.357 e. The molecule has 0 saturated carbocycles. The van der Waals surface area contributed by atoms with Gasteiger partial charge >= 0.3 is 0 Å². The summed E-state index contributed by atoms with van der Waals surface area (Å²) in [5, 5.41) is 6.66. The molecule has 0 fully saturated rings. The second kappa shape index (κ2) is 9.39. The Bertz CT molecular complexity index is 395. The lowest BCUT2D eigenvalue weighted by Crippen LogP contribution is -2.38. The fraction of sp³-hybridized carbons (Fsp3) is 0.733. The van der Waals surface area contributed by atoms with Gasteiger partial charge < -0.3 is 15.2 Å². The summed E-state index contributed by atoms with van der Waals surface area (Å²) < 4.78 is 2.19. The Morgan fingerprint density at radius 1 is 1.35 bits per heavy atom. The molecule has 1 heterocycles. The van der Waals surface area contributed by atoms with Crippen LogP contribution < -0.4 is 10.6 Å². The average Bonchev–Trinajstić information content (AvgIpc) is 2.81. The fourth-order valence-electron chi connectivity index (χ4n) is 1.87. The summed E-state index contributed by atoms with van der Waals surface area (Å²) in [5.41, 5.74) is 0. The molecule has 0 aliphatic carbocycles. The van der Waals surface area contributed by atoms with E-state index >= 15 is 0 Å². The molecule has 0 saturated heterocycles. The number of rotatable bonds is 8. The zero-order chi connectivity index (χ0) is 14.8. The molecule has 0 amide bonds. The smallest absolute Gasteiger partial charge is 0.191 e. The van der Waals surface area contributed by atoms with Crippen molar-refractivity contribution in [2.24, 2.45) is 10.9 Å². The molecule has 0 aliphatic heterocycles. The summed E-state index contributed by atoms with van der Waals surface area (Å²) in [6.45, 7) is 12.3. The van der Waals surface area contributed by atoms with Gasteiger partial charge in [0.2, 0.25) is 0 Å². The van der Waals surface area contributed by atoms with Crippen LogP contribution in [0.3, 0.4) is 0 Å². The number of aromatic nitrogens is 2. The van der Waals surface area contributed by atoms with E-state index in [9.17, 15) is 0 Å². The maximum atomic E-state index is 4.55. The lowest BCUT2D eigenvalue weighted by atomic mass is 10.2. The van der Waals surface area contributed by atoms with Crippen LogP contribution in [0.4, 0.5) is 0 Å². The monoisotopic (exact) mass is 279 g/mol. The van der Waals surface area contributed by atoms with Gasteiger partial charge in [0.05, 0.1) is 0 Å². The van der Waals surface area contributed by atoms with E-state index in [0.717, 1.165) is 50.8 Å². The van der Waals surface area contributed by atoms with E-state index in [0.29, 0.717) is 5.92 Å². The molecule has 1 rings (SSSR count). The number of hydrogen-bond donors (Lipinski definition) is 2. The van der Waals surface area contributed by atoms with Crippen LogP contribution in [0.5, 0.6) is 0 Å². The third-order valence-corrected chi connectivity index (χ3v) is 3.00. The van der Waals surface area contributed by atoms with Crippen LogP contribution in [0.25, 0.3) is 0 Å². The van der Waals surface area contributed by atoms with Crippen molar-refractivity contribution in [3.63, 3.8) is 0 Å².